The molecular weight excluding hydrogens is 581 g/mol. The van der Waals surface area contributed by atoms with E-state index in [1.54, 1.807) is 0 Å². The Labute approximate surface area is 287 Å². The molecule has 0 aromatic heterocycles. The third-order valence-electron chi connectivity index (χ3n) is 9.40. The molecule has 0 aliphatic rings. The molecule has 0 N–H and O–H groups in total. The fraction of sp³-hybridized carbons (Fsp3) is 0.130. The molecule has 2 heteroatoms. The first-order valence-corrected chi connectivity index (χ1v) is 16.7. The van der Waals surface area contributed by atoms with Crippen LogP contribution in [0.3, 0.4) is 0 Å². The highest BCUT2D eigenvalue weighted by Gasteiger charge is 2.32. The summed E-state index contributed by atoms with van der Waals surface area (Å²) in [6.07, 6.45) is 4.22. The first-order chi connectivity index (χ1) is 23.3. The van der Waals surface area contributed by atoms with Crippen LogP contribution in [-0.4, -0.2) is 0 Å². The molecule has 2 nitrogen and oxygen atoms in total. The Morgan fingerprint density at radius 2 is 1.02 bits per heavy atom. The fourth-order valence-electron chi connectivity index (χ4n) is 6.69. The van der Waals surface area contributed by atoms with Gasteiger partial charge in [-0.3, -0.25) is 0 Å². The highest BCUT2D eigenvalue weighted by Crippen LogP contribution is 2.43. The van der Waals surface area contributed by atoms with Gasteiger partial charge in [-0.15, -0.1) is 0 Å². The molecule has 0 fully saturated rings. The predicted octanol–water partition coefficient (Wildman–Crippen LogP) is 13.0. The minimum atomic E-state index is -0.378. The Kier molecular flexibility index (Phi) is 9.45. The van der Waals surface area contributed by atoms with Crippen LogP contribution < -0.4 is 9.80 Å². The van der Waals surface area contributed by atoms with E-state index in [2.05, 4.69) is 215 Å². The highest BCUT2D eigenvalue weighted by molar-refractivity contribution is 5.82. The fourth-order valence-corrected chi connectivity index (χ4v) is 6.69. The van der Waals surface area contributed by atoms with Crippen LogP contribution in [0.4, 0.5) is 34.1 Å². The predicted molar refractivity (Wildman–Crippen MR) is 207 cm³/mol. The lowest BCUT2D eigenvalue weighted by Gasteiger charge is -2.34. The summed E-state index contributed by atoms with van der Waals surface area (Å²) in [4.78, 5) is 4.65. The van der Waals surface area contributed by atoms with Gasteiger partial charge in [0.1, 0.15) is 0 Å². The van der Waals surface area contributed by atoms with E-state index in [-0.39, 0.29) is 5.41 Å². The van der Waals surface area contributed by atoms with Gasteiger partial charge in [0.25, 0.3) is 0 Å². The van der Waals surface area contributed by atoms with Gasteiger partial charge in [-0.1, -0.05) is 109 Å². The largest absolute Gasteiger partial charge is 0.311 e. The number of nitrogens with zero attached hydrogens (tertiary/aromatic N) is 2. The standard InChI is InChI=1S/C46H44N2/c1-7-16-37(5)46(6,44-33-34(2)23-24-35(44)3)38-25-27-41(28-26-38)47(39-18-10-8-11-19-39)42-29-31-43(32-30-42)48(40-20-12-9-13-21-40)45-22-15-14-17-36(45)4/h7-33H,5H2,1-4,6H3. The SMILES string of the molecule is C=C(C=CC)C(C)(c1ccc(N(c2ccccc2)c2ccc(N(c3ccccc3)c3ccccc3C)cc2)cc1)c1cc(C)ccc1C. The van der Waals surface area contributed by atoms with E-state index in [1.807, 2.05) is 0 Å². The lowest BCUT2D eigenvalue weighted by molar-refractivity contribution is 0.687. The van der Waals surface area contributed by atoms with Gasteiger partial charge < -0.3 is 9.80 Å². The van der Waals surface area contributed by atoms with Crippen molar-refractivity contribution in [2.45, 2.75) is 40.0 Å². The number of hydrogen-bond acceptors (Lipinski definition) is 2. The van der Waals surface area contributed by atoms with Crippen molar-refractivity contribution in [1.29, 1.82) is 0 Å². The normalized spacial score (nSPS) is 12.4. The van der Waals surface area contributed by atoms with Crippen molar-refractivity contribution >= 4 is 34.1 Å². The van der Waals surface area contributed by atoms with E-state index >= 15 is 0 Å². The van der Waals surface area contributed by atoms with E-state index in [1.165, 1.54) is 33.5 Å². The molecule has 0 saturated heterocycles. The first-order valence-electron chi connectivity index (χ1n) is 16.7. The van der Waals surface area contributed by atoms with Gasteiger partial charge in [-0.25, -0.2) is 0 Å². The molecule has 238 valence electrons. The average molecular weight is 625 g/mol. The molecule has 0 radical (unpaired) electrons. The van der Waals surface area contributed by atoms with Gasteiger partial charge in [-0.05, 0) is 129 Å². The maximum atomic E-state index is 4.56. The van der Waals surface area contributed by atoms with E-state index in [0.29, 0.717) is 0 Å². The van der Waals surface area contributed by atoms with Gasteiger partial charge in [0, 0.05) is 39.5 Å². The van der Waals surface area contributed by atoms with Gasteiger partial charge in [0.15, 0.2) is 0 Å². The van der Waals surface area contributed by atoms with Gasteiger partial charge in [0.2, 0.25) is 0 Å². The zero-order chi connectivity index (χ0) is 33.7. The van der Waals surface area contributed by atoms with Crippen LogP contribution >= 0.6 is 0 Å². The van der Waals surface area contributed by atoms with Crippen LogP contribution in [0.2, 0.25) is 0 Å². The summed E-state index contributed by atoms with van der Waals surface area (Å²) in [5.74, 6) is 0. The summed E-state index contributed by atoms with van der Waals surface area (Å²) in [5, 5.41) is 0. The van der Waals surface area contributed by atoms with Crippen molar-refractivity contribution in [3.05, 3.63) is 204 Å². The van der Waals surface area contributed by atoms with Crippen molar-refractivity contribution in [3.63, 3.8) is 0 Å². The second-order valence-corrected chi connectivity index (χ2v) is 12.7. The summed E-state index contributed by atoms with van der Waals surface area (Å²) in [7, 11) is 0. The van der Waals surface area contributed by atoms with Crippen LogP contribution in [0.1, 0.15) is 41.7 Å². The number of para-hydroxylation sites is 3. The van der Waals surface area contributed by atoms with Gasteiger partial charge >= 0.3 is 0 Å². The topological polar surface area (TPSA) is 6.48 Å². The summed E-state index contributed by atoms with van der Waals surface area (Å²) < 4.78 is 0. The Morgan fingerprint density at radius 1 is 0.542 bits per heavy atom. The average Bonchev–Trinajstić information content (AvgIpc) is 3.12. The second kappa shape index (κ2) is 14.0. The van der Waals surface area contributed by atoms with Crippen LogP contribution in [0.15, 0.2) is 176 Å². The maximum Gasteiger partial charge on any atom is 0.0490 e. The molecule has 1 atom stereocenters. The number of hydrogen-bond donors (Lipinski definition) is 0. The summed E-state index contributed by atoms with van der Waals surface area (Å²) >= 11 is 0. The molecule has 0 bridgehead atoms. The zero-order valence-electron chi connectivity index (χ0n) is 28.7. The van der Waals surface area contributed by atoms with Crippen LogP contribution in [0.25, 0.3) is 0 Å². The van der Waals surface area contributed by atoms with E-state index < -0.39 is 0 Å². The summed E-state index contributed by atoms with van der Waals surface area (Å²) in [5.41, 5.74) is 13.6. The lowest BCUT2D eigenvalue weighted by Crippen LogP contribution is -2.26. The van der Waals surface area contributed by atoms with Crippen molar-refractivity contribution in [1.82, 2.24) is 0 Å². The molecule has 1 unspecified atom stereocenters. The number of benzene rings is 6. The molecule has 0 aliphatic heterocycles. The third kappa shape index (κ3) is 6.35. The molecule has 6 rings (SSSR count). The highest BCUT2D eigenvalue weighted by atomic mass is 15.2. The molecule has 0 aliphatic carbocycles. The number of rotatable bonds is 10. The van der Waals surface area contributed by atoms with Crippen LogP contribution in [-0.2, 0) is 5.41 Å². The Bertz CT molecular complexity index is 2020. The van der Waals surface area contributed by atoms with Crippen LogP contribution in [0.5, 0.6) is 0 Å². The Hall–Kier alpha value is -5.60. The molecule has 0 spiro atoms. The Morgan fingerprint density at radius 3 is 1.58 bits per heavy atom. The smallest absolute Gasteiger partial charge is 0.0490 e. The molecule has 48 heavy (non-hydrogen) atoms. The quantitative estimate of drug-likeness (QED) is 0.140. The van der Waals surface area contributed by atoms with Crippen LogP contribution in [0, 0.1) is 20.8 Å². The lowest BCUT2D eigenvalue weighted by atomic mass is 9.69. The van der Waals surface area contributed by atoms with Crippen molar-refractivity contribution in [2.75, 3.05) is 9.80 Å². The molecule has 0 saturated carbocycles. The summed E-state index contributed by atoms with van der Waals surface area (Å²) in [6, 6.07) is 54.3. The maximum absolute atomic E-state index is 4.56. The Balaban J connectivity index is 1.42. The summed E-state index contributed by atoms with van der Waals surface area (Å²) in [6.45, 7) is 15.4. The van der Waals surface area contributed by atoms with E-state index in [9.17, 15) is 0 Å². The molecule has 6 aromatic rings. The van der Waals surface area contributed by atoms with Crippen molar-refractivity contribution in [2.24, 2.45) is 0 Å². The van der Waals surface area contributed by atoms with Crippen molar-refractivity contribution in [3.8, 4) is 0 Å². The second-order valence-electron chi connectivity index (χ2n) is 12.7. The van der Waals surface area contributed by atoms with Gasteiger partial charge in [-0.2, -0.15) is 0 Å². The van der Waals surface area contributed by atoms with Gasteiger partial charge in [0.05, 0.1) is 0 Å². The molecule has 0 amide bonds. The van der Waals surface area contributed by atoms with E-state index in [4.69, 9.17) is 0 Å². The number of aryl methyl sites for hydroxylation is 3. The number of anilines is 6. The minimum Gasteiger partial charge on any atom is -0.311 e. The molecule has 0 heterocycles. The molecule has 6 aromatic carbocycles. The van der Waals surface area contributed by atoms with Crippen molar-refractivity contribution < 1.29 is 0 Å². The first kappa shape index (κ1) is 32.3. The van der Waals surface area contributed by atoms with E-state index in [0.717, 1.165) is 34.0 Å². The number of allylic oxidation sites excluding steroid dienone is 3. The minimum absolute atomic E-state index is 0.378. The third-order valence-corrected chi connectivity index (χ3v) is 9.40. The monoisotopic (exact) mass is 624 g/mol. The molecular formula is C46H44N2. The zero-order valence-corrected chi connectivity index (χ0v) is 28.7.